The minimum Gasteiger partial charge on any atom is -0.496 e. The van der Waals surface area contributed by atoms with Gasteiger partial charge >= 0.3 is 0 Å². The Morgan fingerprint density at radius 3 is 2.79 bits per heavy atom. The highest BCUT2D eigenvalue weighted by Crippen LogP contribution is 2.34. The summed E-state index contributed by atoms with van der Waals surface area (Å²) in [7, 11) is 1.66. The van der Waals surface area contributed by atoms with E-state index >= 15 is 0 Å². The van der Waals surface area contributed by atoms with Crippen LogP contribution in [0, 0.1) is 6.92 Å². The van der Waals surface area contributed by atoms with E-state index in [4.69, 9.17) is 15.0 Å². The molecule has 2 aromatic rings. The molecule has 0 aliphatic rings. The molecule has 0 saturated carbocycles. The summed E-state index contributed by atoms with van der Waals surface area (Å²) in [6.07, 6.45) is 1.72. The zero-order valence-corrected chi connectivity index (χ0v) is 11.7. The molecule has 4 heteroatoms. The first-order chi connectivity index (χ1) is 9.21. The number of methoxy groups -OCH3 is 1. The van der Waals surface area contributed by atoms with Gasteiger partial charge in [0, 0.05) is 5.56 Å². The van der Waals surface area contributed by atoms with Crippen molar-refractivity contribution in [1.29, 1.82) is 0 Å². The standard InChI is InChI=1S/C15H20N2O2/c1-4-11-5-6-14(18-3)13(9-11)15-12(7-8-16)10(2)17-19-15/h5-6,9H,4,7-8,16H2,1-3H3. The van der Waals surface area contributed by atoms with Crippen LogP contribution in [0.1, 0.15) is 23.7 Å². The largest absolute Gasteiger partial charge is 0.496 e. The smallest absolute Gasteiger partial charge is 0.174 e. The van der Waals surface area contributed by atoms with Crippen LogP contribution < -0.4 is 10.5 Å². The molecule has 1 heterocycles. The molecule has 4 nitrogen and oxygen atoms in total. The first-order valence-electron chi connectivity index (χ1n) is 6.53. The van der Waals surface area contributed by atoms with E-state index in [1.54, 1.807) is 7.11 Å². The zero-order chi connectivity index (χ0) is 13.8. The second-order valence-electron chi connectivity index (χ2n) is 4.50. The van der Waals surface area contributed by atoms with Crippen LogP contribution in [0.15, 0.2) is 22.7 Å². The minimum absolute atomic E-state index is 0.574. The molecule has 0 spiro atoms. The predicted molar refractivity (Wildman–Crippen MR) is 75.4 cm³/mol. The van der Waals surface area contributed by atoms with Crippen LogP contribution in [-0.4, -0.2) is 18.8 Å². The highest BCUT2D eigenvalue weighted by atomic mass is 16.5. The molecule has 0 atom stereocenters. The third-order valence-corrected chi connectivity index (χ3v) is 3.30. The van der Waals surface area contributed by atoms with Gasteiger partial charge in [0.1, 0.15) is 5.75 Å². The van der Waals surface area contributed by atoms with Gasteiger partial charge in [0.2, 0.25) is 0 Å². The van der Waals surface area contributed by atoms with Gasteiger partial charge in [0.15, 0.2) is 5.76 Å². The molecule has 1 aromatic heterocycles. The molecule has 0 bridgehead atoms. The van der Waals surface area contributed by atoms with Crippen molar-refractivity contribution in [3.63, 3.8) is 0 Å². The van der Waals surface area contributed by atoms with E-state index in [1.807, 2.05) is 13.0 Å². The van der Waals surface area contributed by atoms with E-state index in [1.165, 1.54) is 5.56 Å². The van der Waals surface area contributed by atoms with E-state index in [0.717, 1.165) is 41.2 Å². The van der Waals surface area contributed by atoms with E-state index in [9.17, 15) is 0 Å². The van der Waals surface area contributed by atoms with Crippen molar-refractivity contribution in [2.24, 2.45) is 5.73 Å². The van der Waals surface area contributed by atoms with Crippen LogP contribution in [0.2, 0.25) is 0 Å². The van der Waals surface area contributed by atoms with E-state index in [0.29, 0.717) is 6.54 Å². The lowest BCUT2D eigenvalue weighted by molar-refractivity contribution is 0.404. The first kappa shape index (κ1) is 13.6. The Balaban J connectivity index is 2.56. The molecule has 0 aliphatic carbocycles. The third kappa shape index (κ3) is 2.63. The molecule has 0 fully saturated rings. The fourth-order valence-electron chi connectivity index (χ4n) is 2.19. The average Bonchev–Trinajstić information content (AvgIpc) is 2.80. The summed E-state index contributed by atoms with van der Waals surface area (Å²) in [5, 5.41) is 4.06. The number of aromatic nitrogens is 1. The molecular formula is C15H20N2O2. The van der Waals surface area contributed by atoms with Crippen molar-refractivity contribution in [3.05, 3.63) is 35.0 Å². The summed E-state index contributed by atoms with van der Waals surface area (Å²) in [6.45, 7) is 4.64. The highest BCUT2D eigenvalue weighted by Gasteiger charge is 2.18. The third-order valence-electron chi connectivity index (χ3n) is 3.30. The van der Waals surface area contributed by atoms with Crippen LogP contribution >= 0.6 is 0 Å². The minimum atomic E-state index is 0.574. The van der Waals surface area contributed by atoms with Crippen molar-refractivity contribution < 1.29 is 9.26 Å². The fourth-order valence-corrected chi connectivity index (χ4v) is 2.19. The van der Waals surface area contributed by atoms with Crippen molar-refractivity contribution in [1.82, 2.24) is 5.16 Å². The molecule has 2 rings (SSSR count). The summed E-state index contributed by atoms with van der Waals surface area (Å²) in [5.41, 5.74) is 9.81. The summed E-state index contributed by atoms with van der Waals surface area (Å²) in [6, 6.07) is 6.13. The van der Waals surface area contributed by atoms with Crippen molar-refractivity contribution in [2.75, 3.05) is 13.7 Å². The monoisotopic (exact) mass is 260 g/mol. The number of hydrogen-bond donors (Lipinski definition) is 1. The number of benzene rings is 1. The number of ether oxygens (including phenoxy) is 1. The molecular weight excluding hydrogens is 240 g/mol. The number of hydrogen-bond acceptors (Lipinski definition) is 4. The molecule has 0 radical (unpaired) electrons. The number of rotatable bonds is 5. The fraction of sp³-hybridized carbons (Fsp3) is 0.400. The Bertz CT molecular complexity index is 561. The normalized spacial score (nSPS) is 10.7. The molecule has 0 amide bonds. The Morgan fingerprint density at radius 1 is 1.37 bits per heavy atom. The number of aryl methyl sites for hydroxylation is 2. The lowest BCUT2D eigenvalue weighted by atomic mass is 10.0. The Hall–Kier alpha value is -1.81. The summed E-state index contributed by atoms with van der Waals surface area (Å²) in [4.78, 5) is 0. The zero-order valence-electron chi connectivity index (χ0n) is 11.7. The van der Waals surface area contributed by atoms with Gasteiger partial charge in [0.05, 0.1) is 18.4 Å². The molecule has 102 valence electrons. The van der Waals surface area contributed by atoms with E-state index < -0.39 is 0 Å². The van der Waals surface area contributed by atoms with E-state index in [2.05, 4.69) is 24.2 Å². The van der Waals surface area contributed by atoms with Gasteiger partial charge in [-0.1, -0.05) is 18.1 Å². The average molecular weight is 260 g/mol. The lowest BCUT2D eigenvalue weighted by Crippen LogP contribution is -2.04. The second kappa shape index (κ2) is 5.89. The van der Waals surface area contributed by atoms with Crippen LogP contribution in [0.25, 0.3) is 11.3 Å². The maximum Gasteiger partial charge on any atom is 0.174 e. The molecule has 2 N–H and O–H groups in total. The van der Waals surface area contributed by atoms with Gasteiger partial charge in [-0.15, -0.1) is 0 Å². The topological polar surface area (TPSA) is 61.3 Å². The molecule has 0 aliphatic heterocycles. The van der Waals surface area contributed by atoms with Crippen molar-refractivity contribution in [2.45, 2.75) is 26.7 Å². The van der Waals surface area contributed by atoms with Gasteiger partial charge in [0.25, 0.3) is 0 Å². The van der Waals surface area contributed by atoms with Gasteiger partial charge in [-0.25, -0.2) is 0 Å². The second-order valence-corrected chi connectivity index (χ2v) is 4.50. The van der Waals surface area contributed by atoms with Gasteiger partial charge in [-0.3, -0.25) is 0 Å². The maximum atomic E-state index is 5.66. The number of nitrogens with two attached hydrogens (primary N) is 1. The van der Waals surface area contributed by atoms with Gasteiger partial charge in [-0.2, -0.15) is 0 Å². The SMILES string of the molecule is CCc1ccc(OC)c(-c2onc(C)c2CCN)c1. The van der Waals surface area contributed by atoms with E-state index in [-0.39, 0.29) is 0 Å². The Labute approximate surface area is 113 Å². The maximum absolute atomic E-state index is 5.66. The Morgan fingerprint density at radius 2 is 2.16 bits per heavy atom. The first-order valence-corrected chi connectivity index (χ1v) is 6.53. The summed E-state index contributed by atoms with van der Waals surface area (Å²) < 4.78 is 10.9. The predicted octanol–water partition coefficient (Wildman–Crippen LogP) is 2.72. The quantitative estimate of drug-likeness (QED) is 0.898. The van der Waals surface area contributed by atoms with Crippen LogP contribution in [0.4, 0.5) is 0 Å². The van der Waals surface area contributed by atoms with Crippen LogP contribution in [-0.2, 0) is 12.8 Å². The Kier molecular flexibility index (Phi) is 4.22. The molecule has 1 aromatic carbocycles. The number of nitrogens with zero attached hydrogens (tertiary/aromatic N) is 1. The van der Waals surface area contributed by atoms with Gasteiger partial charge in [-0.05, 0) is 44.0 Å². The molecule has 0 unspecified atom stereocenters. The van der Waals surface area contributed by atoms with Crippen LogP contribution in [0.3, 0.4) is 0 Å². The molecule has 19 heavy (non-hydrogen) atoms. The summed E-state index contributed by atoms with van der Waals surface area (Å²) >= 11 is 0. The highest BCUT2D eigenvalue weighted by molar-refractivity contribution is 5.70. The van der Waals surface area contributed by atoms with Gasteiger partial charge < -0.3 is 15.0 Å². The van der Waals surface area contributed by atoms with Crippen molar-refractivity contribution in [3.8, 4) is 17.1 Å². The lowest BCUT2D eigenvalue weighted by Gasteiger charge is -2.09. The van der Waals surface area contributed by atoms with Crippen molar-refractivity contribution >= 4 is 0 Å². The van der Waals surface area contributed by atoms with Crippen LogP contribution in [0.5, 0.6) is 5.75 Å². The summed E-state index contributed by atoms with van der Waals surface area (Å²) in [5.74, 6) is 1.57. The molecule has 0 saturated heterocycles.